The van der Waals surface area contributed by atoms with Crippen molar-refractivity contribution >= 4 is 33.7 Å². The number of fused-ring (bicyclic) bond motifs is 3. The van der Waals surface area contributed by atoms with Gasteiger partial charge in [-0.25, -0.2) is 4.98 Å². The van der Waals surface area contributed by atoms with Crippen molar-refractivity contribution in [2.45, 2.75) is 32.9 Å². The first kappa shape index (κ1) is 15.2. The number of pyridine rings is 2. The number of aryl methyl sites for hydroxylation is 1. The highest BCUT2D eigenvalue weighted by Crippen LogP contribution is 2.24. The van der Waals surface area contributed by atoms with Crippen molar-refractivity contribution in [2.75, 3.05) is 12.5 Å². The molecule has 3 aromatic rings. The molecule has 0 radical (unpaired) electrons. The maximum absolute atomic E-state index is 5.81. The second kappa shape index (κ2) is 7.03. The van der Waals surface area contributed by atoms with E-state index in [0.29, 0.717) is 19.1 Å². The Morgan fingerprint density at radius 2 is 2.14 bits per heavy atom. The van der Waals surface area contributed by atoms with Crippen LogP contribution < -0.4 is 0 Å². The molecule has 3 heterocycles. The van der Waals surface area contributed by atoms with Gasteiger partial charge in [0.25, 0.3) is 0 Å². The van der Waals surface area contributed by atoms with Gasteiger partial charge in [0.15, 0.2) is 0 Å². The van der Waals surface area contributed by atoms with E-state index >= 15 is 0 Å². The van der Waals surface area contributed by atoms with Crippen molar-refractivity contribution in [1.29, 1.82) is 0 Å². The molecule has 22 heavy (non-hydrogen) atoms. The predicted molar refractivity (Wildman–Crippen MR) is 88.1 cm³/mol. The Kier molecular flexibility index (Phi) is 4.85. The average Bonchev–Trinajstić information content (AvgIpc) is 2.91. The Morgan fingerprint density at radius 3 is 2.95 bits per heavy atom. The molecule has 0 bridgehead atoms. The van der Waals surface area contributed by atoms with Gasteiger partial charge in [-0.1, -0.05) is 0 Å². The Morgan fingerprint density at radius 1 is 1.23 bits per heavy atom. The number of nitrogens with zero attached hydrogens (tertiary/aromatic N) is 4. The van der Waals surface area contributed by atoms with Crippen LogP contribution in [0, 0.1) is 0 Å². The molecule has 0 aliphatic carbocycles. The standard InChI is InChI=1S/C16H19ClN4O/c1-2-22-11-14-20-13-10-19-12-6-5-8-18-15(12)16(13)21(14)9-4-3-7-17/h5-6,8,10H,2-4,7,9,11H2,1H3. The third-order valence-corrected chi connectivity index (χ3v) is 3.88. The number of rotatable bonds is 7. The second-order valence-corrected chi connectivity index (χ2v) is 5.45. The first-order valence-corrected chi connectivity index (χ1v) is 8.11. The summed E-state index contributed by atoms with van der Waals surface area (Å²) in [7, 11) is 0. The Hall–Kier alpha value is -1.72. The van der Waals surface area contributed by atoms with Crippen LogP contribution >= 0.6 is 11.6 Å². The first-order chi connectivity index (χ1) is 10.8. The molecule has 3 rings (SSSR count). The molecule has 116 valence electrons. The minimum Gasteiger partial charge on any atom is -0.374 e. The lowest BCUT2D eigenvalue weighted by Crippen LogP contribution is -2.07. The van der Waals surface area contributed by atoms with E-state index in [0.717, 1.165) is 47.3 Å². The van der Waals surface area contributed by atoms with Crippen LogP contribution in [0.2, 0.25) is 0 Å². The van der Waals surface area contributed by atoms with E-state index in [9.17, 15) is 0 Å². The number of ether oxygens (including phenoxy) is 1. The van der Waals surface area contributed by atoms with Crippen LogP contribution in [0.15, 0.2) is 24.5 Å². The maximum atomic E-state index is 5.81. The summed E-state index contributed by atoms with van der Waals surface area (Å²) in [4.78, 5) is 13.6. The van der Waals surface area contributed by atoms with Crippen LogP contribution in [-0.2, 0) is 17.9 Å². The molecule has 0 atom stereocenters. The van der Waals surface area contributed by atoms with Gasteiger partial charge in [0, 0.05) is 25.2 Å². The van der Waals surface area contributed by atoms with Crippen molar-refractivity contribution in [3.8, 4) is 0 Å². The molecule has 0 aromatic carbocycles. The Labute approximate surface area is 134 Å². The van der Waals surface area contributed by atoms with Crippen LogP contribution in [0.25, 0.3) is 22.1 Å². The van der Waals surface area contributed by atoms with E-state index in [1.165, 1.54) is 0 Å². The fourth-order valence-corrected chi connectivity index (χ4v) is 2.77. The number of hydrogen-bond acceptors (Lipinski definition) is 4. The SMILES string of the molecule is CCOCc1nc2cnc3cccnc3c2n1CCCCCl. The zero-order valence-electron chi connectivity index (χ0n) is 12.6. The van der Waals surface area contributed by atoms with Gasteiger partial charge >= 0.3 is 0 Å². The topological polar surface area (TPSA) is 52.8 Å². The molecular formula is C16H19ClN4O. The number of imidazole rings is 1. The lowest BCUT2D eigenvalue weighted by atomic mass is 10.2. The van der Waals surface area contributed by atoms with Crippen molar-refractivity contribution < 1.29 is 4.74 Å². The minimum atomic E-state index is 0.500. The smallest absolute Gasteiger partial charge is 0.136 e. The van der Waals surface area contributed by atoms with E-state index < -0.39 is 0 Å². The highest BCUT2D eigenvalue weighted by Gasteiger charge is 2.14. The van der Waals surface area contributed by atoms with Crippen molar-refractivity contribution in [3.63, 3.8) is 0 Å². The molecule has 0 saturated heterocycles. The van der Waals surface area contributed by atoms with Crippen molar-refractivity contribution in [3.05, 3.63) is 30.4 Å². The normalized spacial score (nSPS) is 11.5. The largest absolute Gasteiger partial charge is 0.374 e. The molecule has 0 aliphatic heterocycles. The average molecular weight is 319 g/mol. The van der Waals surface area contributed by atoms with Gasteiger partial charge in [-0.15, -0.1) is 11.6 Å². The maximum Gasteiger partial charge on any atom is 0.136 e. The Balaban J connectivity index is 2.12. The van der Waals surface area contributed by atoms with Crippen LogP contribution in [0.4, 0.5) is 0 Å². The molecule has 3 aromatic heterocycles. The molecule has 0 fully saturated rings. The number of unbranched alkanes of at least 4 members (excludes halogenated alkanes) is 1. The summed E-state index contributed by atoms with van der Waals surface area (Å²) in [5.41, 5.74) is 3.68. The van der Waals surface area contributed by atoms with E-state index in [1.54, 1.807) is 6.20 Å². The first-order valence-electron chi connectivity index (χ1n) is 7.57. The minimum absolute atomic E-state index is 0.500. The predicted octanol–water partition coefficient (Wildman–Crippen LogP) is 3.54. The van der Waals surface area contributed by atoms with E-state index in [1.807, 2.05) is 25.3 Å². The summed E-state index contributed by atoms with van der Waals surface area (Å²) < 4.78 is 7.76. The van der Waals surface area contributed by atoms with Crippen LogP contribution in [0.5, 0.6) is 0 Å². The summed E-state index contributed by atoms with van der Waals surface area (Å²) >= 11 is 5.81. The summed E-state index contributed by atoms with van der Waals surface area (Å²) in [6, 6.07) is 3.87. The van der Waals surface area contributed by atoms with Gasteiger partial charge in [-0.2, -0.15) is 0 Å². The van der Waals surface area contributed by atoms with Gasteiger partial charge in [0.1, 0.15) is 23.5 Å². The fourth-order valence-electron chi connectivity index (χ4n) is 2.58. The van der Waals surface area contributed by atoms with Crippen LogP contribution in [-0.4, -0.2) is 32.0 Å². The zero-order valence-corrected chi connectivity index (χ0v) is 13.4. The third-order valence-electron chi connectivity index (χ3n) is 3.61. The molecule has 6 heteroatoms. The molecule has 0 aliphatic rings. The molecule has 0 amide bonds. The number of hydrogen-bond donors (Lipinski definition) is 0. The molecule has 5 nitrogen and oxygen atoms in total. The van der Waals surface area contributed by atoms with E-state index in [2.05, 4.69) is 19.5 Å². The quantitative estimate of drug-likeness (QED) is 0.494. The lowest BCUT2D eigenvalue weighted by Gasteiger charge is -2.09. The molecule has 0 N–H and O–H groups in total. The monoisotopic (exact) mass is 318 g/mol. The van der Waals surface area contributed by atoms with Crippen LogP contribution in [0.3, 0.4) is 0 Å². The third kappa shape index (κ3) is 2.91. The van der Waals surface area contributed by atoms with Crippen LogP contribution in [0.1, 0.15) is 25.6 Å². The zero-order chi connectivity index (χ0) is 15.4. The van der Waals surface area contributed by atoms with E-state index in [4.69, 9.17) is 16.3 Å². The Bertz CT molecular complexity index is 771. The van der Waals surface area contributed by atoms with Gasteiger partial charge in [0.05, 0.1) is 17.2 Å². The number of halogens is 1. The lowest BCUT2D eigenvalue weighted by molar-refractivity contribution is 0.126. The second-order valence-electron chi connectivity index (χ2n) is 5.08. The van der Waals surface area contributed by atoms with Gasteiger partial charge in [0.2, 0.25) is 0 Å². The van der Waals surface area contributed by atoms with Gasteiger partial charge in [-0.3, -0.25) is 9.97 Å². The van der Waals surface area contributed by atoms with Crippen molar-refractivity contribution in [1.82, 2.24) is 19.5 Å². The molecule has 0 spiro atoms. The van der Waals surface area contributed by atoms with Gasteiger partial charge < -0.3 is 9.30 Å². The highest BCUT2D eigenvalue weighted by atomic mass is 35.5. The number of aromatic nitrogens is 4. The van der Waals surface area contributed by atoms with Crippen molar-refractivity contribution in [2.24, 2.45) is 0 Å². The molecule has 0 saturated carbocycles. The fraction of sp³-hybridized carbons (Fsp3) is 0.438. The molecular weight excluding hydrogens is 300 g/mol. The highest BCUT2D eigenvalue weighted by molar-refractivity contribution is 6.17. The summed E-state index contributed by atoms with van der Waals surface area (Å²) in [5, 5.41) is 0. The summed E-state index contributed by atoms with van der Waals surface area (Å²) in [6.07, 6.45) is 5.59. The summed E-state index contributed by atoms with van der Waals surface area (Å²) in [5.74, 6) is 1.60. The van der Waals surface area contributed by atoms with E-state index in [-0.39, 0.29) is 0 Å². The number of alkyl halides is 1. The van der Waals surface area contributed by atoms with Gasteiger partial charge in [-0.05, 0) is 31.9 Å². The molecule has 0 unspecified atom stereocenters. The summed E-state index contributed by atoms with van der Waals surface area (Å²) in [6.45, 7) is 4.02.